The van der Waals surface area contributed by atoms with Gasteiger partial charge in [0.1, 0.15) is 6.33 Å². The molecular formula is C18H19N9O3. The van der Waals surface area contributed by atoms with Gasteiger partial charge in [0, 0.05) is 24.3 Å². The van der Waals surface area contributed by atoms with Crippen LogP contribution in [0.4, 0.5) is 17.6 Å². The highest BCUT2D eigenvalue weighted by molar-refractivity contribution is 5.95. The monoisotopic (exact) mass is 409 g/mol. The second-order valence-corrected chi connectivity index (χ2v) is 6.53. The molecule has 1 aromatic carbocycles. The lowest BCUT2D eigenvalue weighted by molar-refractivity contribution is 0.0906. The first-order valence-corrected chi connectivity index (χ1v) is 9.26. The van der Waals surface area contributed by atoms with Crippen LogP contribution >= 0.6 is 0 Å². The zero-order valence-corrected chi connectivity index (χ0v) is 16.0. The van der Waals surface area contributed by atoms with Crippen LogP contribution in [0.1, 0.15) is 39.7 Å². The number of carbonyl (C=O) groups is 2. The number of aromatic nitrogens is 5. The van der Waals surface area contributed by atoms with E-state index in [9.17, 15) is 9.59 Å². The summed E-state index contributed by atoms with van der Waals surface area (Å²) in [5.41, 5.74) is 1.16. The average molecular weight is 409 g/mol. The molecule has 0 radical (unpaired) electrons. The number of hydrogen-bond acceptors (Lipinski definition) is 10. The van der Waals surface area contributed by atoms with Crippen molar-refractivity contribution >= 4 is 29.4 Å². The van der Waals surface area contributed by atoms with Crippen molar-refractivity contribution in [2.24, 2.45) is 0 Å². The molecule has 3 aromatic rings. The van der Waals surface area contributed by atoms with E-state index in [2.05, 4.69) is 46.4 Å². The molecular weight excluding hydrogens is 390 g/mol. The Balaban J connectivity index is 1.36. The van der Waals surface area contributed by atoms with E-state index >= 15 is 0 Å². The minimum Gasteiger partial charge on any atom is -0.355 e. The van der Waals surface area contributed by atoms with Crippen LogP contribution in [0.2, 0.25) is 0 Å². The van der Waals surface area contributed by atoms with E-state index in [0.717, 1.165) is 12.8 Å². The number of carbonyl (C=O) groups excluding carboxylic acids is 2. The number of rotatable bonds is 8. The van der Waals surface area contributed by atoms with Gasteiger partial charge in [0.2, 0.25) is 11.9 Å². The third-order valence-corrected chi connectivity index (χ3v) is 4.16. The van der Waals surface area contributed by atoms with Crippen molar-refractivity contribution in [2.75, 3.05) is 17.7 Å². The Hall–Kier alpha value is -4.09. The van der Waals surface area contributed by atoms with Crippen molar-refractivity contribution in [1.29, 1.82) is 0 Å². The fourth-order valence-electron chi connectivity index (χ4n) is 2.50. The number of hydrogen-bond donors (Lipinski definition) is 4. The molecule has 154 valence electrons. The molecule has 4 N–H and O–H groups in total. The second kappa shape index (κ2) is 8.51. The van der Waals surface area contributed by atoms with Crippen molar-refractivity contribution in [2.45, 2.75) is 25.4 Å². The molecule has 30 heavy (non-hydrogen) atoms. The number of nitrogens with one attached hydrogen (secondary N) is 4. The van der Waals surface area contributed by atoms with Crippen LogP contribution < -0.4 is 21.3 Å². The highest BCUT2D eigenvalue weighted by Crippen LogP contribution is 2.19. The number of amides is 2. The highest BCUT2D eigenvalue weighted by Gasteiger charge is 2.26. The standard InChI is InChI=1S/C18H19N9O3/c1-19-14(28)10-3-2-4-12(7-10)24-18-22-9-21-17(26-18)20-8-13-25-16(30-27-13)15(29)23-11-5-6-11/h2-4,7,9,11H,5-6,8H2,1H3,(H,19,28)(H,23,29)(H2,20,21,22,24,26). The van der Waals surface area contributed by atoms with Gasteiger partial charge in [-0.1, -0.05) is 11.2 Å². The Morgan fingerprint density at radius 2 is 1.97 bits per heavy atom. The fraction of sp³-hybridized carbons (Fsp3) is 0.278. The van der Waals surface area contributed by atoms with Crippen molar-refractivity contribution in [3.8, 4) is 0 Å². The van der Waals surface area contributed by atoms with Crippen LogP contribution in [-0.2, 0) is 6.54 Å². The lowest BCUT2D eigenvalue weighted by Gasteiger charge is -2.08. The maximum absolute atomic E-state index is 11.9. The molecule has 1 aliphatic rings. The van der Waals surface area contributed by atoms with Gasteiger partial charge in [-0.3, -0.25) is 9.59 Å². The van der Waals surface area contributed by atoms with Crippen molar-refractivity contribution < 1.29 is 14.1 Å². The van der Waals surface area contributed by atoms with E-state index in [4.69, 9.17) is 4.52 Å². The molecule has 0 atom stereocenters. The van der Waals surface area contributed by atoms with Gasteiger partial charge in [0.05, 0.1) is 6.54 Å². The molecule has 4 rings (SSSR count). The normalized spacial score (nSPS) is 12.8. The largest absolute Gasteiger partial charge is 0.355 e. The molecule has 1 saturated carbocycles. The summed E-state index contributed by atoms with van der Waals surface area (Å²) in [6.07, 6.45) is 3.28. The van der Waals surface area contributed by atoms with E-state index in [-0.39, 0.29) is 36.2 Å². The minimum absolute atomic E-state index is 0.0762. The lowest BCUT2D eigenvalue weighted by Crippen LogP contribution is -2.25. The quantitative estimate of drug-likeness (QED) is 0.420. The van der Waals surface area contributed by atoms with Crippen molar-refractivity contribution in [3.05, 3.63) is 47.9 Å². The Labute approximate surface area is 170 Å². The molecule has 0 bridgehead atoms. The third-order valence-electron chi connectivity index (χ3n) is 4.16. The van der Waals surface area contributed by atoms with Gasteiger partial charge < -0.3 is 25.8 Å². The molecule has 2 aromatic heterocycles. The SMILES string of the molecule is CNC(=O)c1cccc(Nc2ncnc(NCc3noc(C(=O)NC4CC4)n3)n2)c1. The first-order valence-electron chi connectivity index (χ1n) is 9.26. The van der Waals surface area contributed by atoms with Gasteiger partial charge in [-0.25, -0.2) is 9.97 Å². The summed E-state index contributed by atoms with van der Waals surface area (Å²) in [5, 5.41) is 15.1. The first kappa shape index (κ1) is 19.2. The maximum Gasteiger partial charge on any atom is 0.316 e. The van der Waals surface area contributed by atoms with E-state index in [1.807, 2.05) is 0 Å². The topological polar surface area (TPSA) is 160 Å². The Bertz CT molecular complexity index is 1060. The second-order valence-electron chi connectivity index (χ2n) is 6.53. The Kier molecular flexibility index (Phi) is 5.46. The zero-order valence-electron chi connectivity index (χ0n) is 16.0. The van der Waals surface area contributed by atoms with E-state index in [1.54, 1.807) is 31.3 Å². The molecule has 2 amide bonds. The van der Waals surface area contributed by atoms with Gasteiger partial charge in [-0.15, -0.1) is 0 Å². The molecule has 1 aliphatic carbocycles. The number of benzene rings is 1. The fourth-order valence-corrected chi connectivity index (χ4v) is 2.50. The van der Waals surface area contributed by atoms with Crippen LogP contribution in [0.25, 0.3) is 0 Å². The van der Waals surface area contributed by atoms with Crippen LogP contribution in [0.3, 0.4) is 0 Å². The summed E-state index contributed by atoms with van der Waals surface area (Å²) in [5.74, 6) is 0.226. The van der Waals surface area contributed by atoms with Crippen LogP contribution in [0, 0.1) is 0 Å². The Morgan fingerprint density at radius 3 is 2.77 bits per heavy atom. The molecule has 0 unspecified atom stereocenters. The van der Waals surface area contributed by atoms with Crippen molar-refractivity contribution in [3.63, 3.8) is 0 Å². The lowest BCUT2D eigenvalue weighted by atomic mass is 10.2. The smallest absolute Gasteiger partial charge is 0.316 e. The van der Waals surface area contributed by atoms with Crippen molar-refractivity contribution in [1.82, 2.24) is 35.7 Å². The molecule has 12 heteroatoms. The molecule has 0 spiro atoms. The maximum atomic E-state index is 11.9. The predicted molar refractivity (Wildman–Crippen MR) is 105 cm³/mol. The summed E-state index contributed by atoms with van der Waals surface area (Å²) in [4.78, 5) is 40.1. The Morgan fingerprint density at radius 1 is 1.13 bits per heavy atom. The van der Waals surface area contributed by atoms with Gasteiger partial charge in [-0.2, -0.15) is 9.97 Å². The van der Waals surface area contributed by atoms with E-state index < -0.39 is 0 Å². The van der Waals surface area contributed by atoms with Gasteiger partial charge in [-0.05, 0) is 31.0 Å². The molecule has 12 nitrogen and oxygen atoms in total. The summed E-state index contributed by atoms with van der Waals surface area (Å²) in [6, 6.07) is 7.13. The molecule has 0 saturated heterocycles. The molecule has 1 fully saturated rings. The summed E-state index contributed by atoms with van der Waals surface area (Å²) in [6.45, 7) is 0.163. The van der Waals surface area contributed by atoms with Crippen LogP contribution in [0.5, 0.6) is 0 Å². The predicted octanol–water partition coefficient (Wildman–Crippen LogP) is 0.862. The van der Waals surface area contributed by atoms with Gasteiger partial charge in [0.15, 0.2) is 5.82 Å². The average Bonchev–Trinajstić information content (AvgIpc) is 3.45. The number of nitrogens with zero attached hydrogens (tertiary/aromatic N) is 5. The summed E-state index contributed by atoms with van der Waals surface area (Å²) < 4.78 is 4.97. The zero-order chi connectivity index (χ0) is 20.9. The number of anilines is 3. The van der Waals surface area contributed by atoms with Crippen LogP contribution in [0.15, 0.2) is 35.1 Å². The summed E-state index contributed by atoms with van der Waals surface area (Å²) >= 11 is 0. The van der Waals surface area contributed by atoms with Gasteiger partial charge in [0.25, 0.3) is 5.91 Å². The third kappa shape index (κ3) is 4.84. The minimum atomic E-state index is -0.373. The molecule has 0 aliphatic heterocycles. The highest BCUT2D eigenvalue weighted by atomic mass is 16.5. The van der Waals surface area contributed by atoms with Gasteiger partial charge >= 0.3 is 11.8 Å². The summed E-state index contributed by atoms with van der Waals surface area (Å²) in [7, 11) is 1.57. The molecule has 2 heterocycles. The van der Waals surface area contributed by atoms with Crippen LogP contribution in [-0.4, -0.2) is 50.0 Å². The van der Waals surface area contributed by atoms with E-state index in [0.29, 0.717) is 23.0 Å². The van der Waals surface area contributed by atoms with E-state index in [1.165, 1.54) is 6.33 Å². The first-order chi connectivity index (χ1) is 14.6.